The summed E-state index contributed by atoms with van der Waals surface area (Å²) in [4.78, 5) is 15.0. The van der Waals surface area contributed by atoms with Gasteiger partial charge in [0, 0.05) is 18.1 Å². The van der Waals surface area contributed by atoms with E-state index in [1.807, 2.05) is 19.2 Å². The summed E-state index contributed by atoms with van der Waals surface area (Å²) in [7, 11) is 0. The van der Waals surface area contributed by atoms with E-state index in [0.717, 1.165) is 5.01 Å². The van der Waals surface area contributed by atoms with Gasteiger partial charge in [0.2, 0.25) is 0 Å². The van der Waals surface area contributed by atoms with Gasteiger partial charge in [0.15, 0.2) is 0 Å². The number of halogens is 1. The highest BCUT2D eigenvalue weighted by Crippen LogP contribution is 2.22. The molecule has 106 valence electrons. The van der Waals surface area contributed by atoms with E-state index >= 15 is 0 Å². The largest absolute Gasteiger partial charge is 0.478 e. The third-order valence-electron chi connectivity index (χ3n) is 2.97. The highest BCUT2D eigenvalue weighted by atomic mass is 32.1. The molecule has 0 fully saturated rings. The molecule has 0 bridgehead atoms. The molecule has 1 aromatic carbocycles. The van der Waals surface area contributed by atoms with E-state index < -0.39 is 11.8 Å². The predicted molar refractivity (Wildman–Crippen MR) is 75.3 cm³/mol. The Kier molecular flexibility index (Phi) is 4.15. The zero-order chi connectivity index (χ0) is 14.8. The first kappa shape index (κ1) is 14.6. The molecule has 20 heavy (non-hydrogen) atoms. The molecule has 1 heterocycles. The topological polar surface area (TPSA) is 62.2 Å². The molecule has 2 rings (SSSR count). The first-order chi connectivity index (χ1) is 9.40. The normalized spacial score (nSPS) is 11.6. The van der Waals surface area contributed by atoms with E-state index in [1.54, 1.807) is 23.6 Å². The van der Waals surface area contributed by atoms with Crippen LogP contribution in [0.4, 0.5) is 4.39 Å². The van der Waals surface area contributed by atoms with Crippen LogP contribution in [-0.4, -0.2) is 16.1 Å². The van der Waals surface area contributed by atoms with Gasteiger partial charge in [0.25, 0.3) is 0 Å². The second-order valence-electron chi connectivity index (χ2n) is 4.94. The molecular formula is C14H15FN2O2S. The summed E-state index contributed by atoms with van der Waals surface area (Å²) in [5.74, 6) is -1.98. The number of carboxylic acid groups (broad SMARTS) is 1. The van der Waals surface area contributed by atoms with Crippen molar-refractivity contribution in [2.45, 2.75) is 25.9 Å². The highest BCUT2D eigenvalue weighted by molar-refractivity contribution is 7.09. The van der Waals surface area contributed by atoms with Gasteiger partial charge in [-0.3, -0.25) is 0 Å². The van der Waals surface area contributed by atoms with Gasteiger partial charge in [-0.1, -0.05) is 6.07 Å². The van der Waals surface area contributed by atoms with Crippen LogP contribution in [0.5, 0.6) is 0 Å². The molecule has 0 unspecified atom stereocenters. The minimum atomic E-state index is -1.26. The molecule has 0 aliphatic rings. The van der Waals surface area contributed by atoms with Gasteiger partial charge in [-0.2, -0.15) is 0 Å². The van der Waals surface area contributed by atoms with E-state index in [1.165, 1.54) is 12.1 Å². The lowest BCUT2D eigenvalue weighted by Crippen LogP contribution is -2.35. The molecule has 2 N–H and O–H groups in total. The number of hydrogen-bond acceptors (Lipinski definition) is 4. The van der Waals surface area contributed by atoms with Crippen molar-refractivity contribution in [1.29, 1.82) is 0 Å². The predicted octanol–water partition coefficient (Wildman–Crippen LogP) is 3.01. The summed E-state index contributed by atoms with van der Waals surface area (Å²) in [6.07, 6.45) is 1.74. The summed E-state index contributed by atoms with van der Waals surface area (Å²) in [5.41, 5.74) is 0.0564. The third-order valence-corrected chi connectivity index (χ3v) is 4.06. The second-order valence-corrected chi connectivity index (χ2v) is 5.83. The maximum atomic E-state index is 13.6. The minimum Gasteiger partial charge on any atom is -0.478 e. The summed E-state index contributed by atoms with van der Waals surface area (Å²) in [6, 6.07) is 4.14. The number of carbonyl (C=O) groups is 1. The van der Waals surface area contributed by atoms with Crippen molar-refractivity contribution < 1.29 is 14.3 Å². The molecule has 0 saturated heterocycles. The zero-order valence-electron chi connectivity index (χ0n) is 11.2. The zero-order valence-corrected chi connectivity index (χ0v) is 12.0. The third kappa shape index (κ3) is 3.20. The van der Waals surface area contributed by atoms with Gasteiger partial charge in [-0.25, -0.2) is 14.2 Å². The quantitative estimate of drug-likeness (QED) is 0.890. The number of benzene rings is 1. The standard InChI is InChI=1S/C14H15FN2O2S/c1-14(2,13-16-5-6-20-13)17-8-9-3-4-10(12(18)19)11(15)7-9/h3-7,17H,8H2,1-2H3,(H,18,19). The number of thiazole rings is 1. The lowest BCUT2D eigenvalue weighted by molar-refractivity contribution is 0.0692. The molecule has 1 aromatic heterocycles. The van der Waals surface area contributed by atoms with Gasteiger partial charge in [0.05, 0.1) is 11.1 Å². The molecule has 0 spiro atoms. The second kappa shape index (κ2) is 5.68. The molecule has 0 saturated carbocycles. The number of nitrogens with one attached hydrogen (secondary N) is 1. The number of carboxylic acids is 1. The van der Waals surface area contributed by atoms with E-state index in [4.69, 9.17) is 5.11 Å². The highest BCUT2D eigenvalue weighted by Gasteiger charge is 2.22. The van der Waals surface area contributed by atoms with E-state index in [-0.39, 0.29) is 11.1 Å². The van der Waals surface area contributed by atoms with Crippen molar-refractivity contribution in [3.8, 4) is 0 Å². The lowest BCUT2D eigenvalue weighted by atomic mass is 10.1. The Morgan fingerprint density at radius 1 is 1.50 bits per heavy atom. The smallest absolute Gasteiger partial charge is 0.338 e. The maximum Gasteiger partial charge on any atom is 0.338 e. The SMILES string of the molecule is CC(C)(NCc1ccc(C(=O)O)c(F)c1)c1nccs1. The average Bonchev–Trinajstić information content (AvgIpc) is 2.90. The van der Waals surface area contributed by atoms with E-state index in [2.05, 4.69) is 10.3 Å². The van der Waals surface area contributed by atoms with Crippen molar-refractivity contribution in [2.24, 2.45) is 0 Å². The van der Waals surface area contributed by atoms with E-state index in [9.17, 15) is 9.18 Å². The molecule has 0 amide bonds. The summed E-state index contributed by atoms with van der Waals surface area (Å²) in [5, 5.41) is 14.9. The van der Waals surface area contributed by atoms with Crippen molar-refractivity contribution in [1.82, 2.24) is 10.3 Å². The first-order valence-corrected chi connectivity index (χ1v) is 6.95. The Morgan fingerprint density at radius 3 is 2.80 bits per heavy atom. The van der Waals surface area contributed by atoms with Crippen molar-refractivity contribution in [2.75, 3.05) is 0 Å². The number of hydrogen-bond donors (Lipinski definition) is 2. The number of nitrogens with zero attached hydrogens (tertiary/aromatic N) is 1. The number of rotatable bonds is 5. The Bertz CT molecular complexity index is 612. The van der Waals surface area contributed by atoms with Gasteiger partial charge in [-0.05, 0) is 31.5 Å². The number of aromatic nitrogens is 1. The van der Waals surface area contributed by atoms with Crippen LogP contribution >= 0.6 is 11.3 Å². The summed E-state index contributed by atoms with van der Waals surface area (Å²) in [6.45, 7) is 4.42. The molecular weight excluding hydrogens is 279 g/mol. The molecule has 0 aliphatic carbocycles. The Balaban J connectivity index is 2.08. The van der Waals surface area contributed by atoms with Crippen LogP contribution < -0.4 is 5.32 Å². The average molecular weight is 294 g/mol. The molecule has 0 atom stereocenters. The van der Waals surface area contributed by atoms with Gasteiger partial charge >= 0.3 is 5.97 Å². The fraction of sp³-hybridized carbons (Fsp3) is 0.286. The minimum absolute atomic E-state index is 0.312. The van der Waals surface area contributed by atoms with Crippen molar-refractivity contribution in [3.63, 3.8) is 0 Å². The lowest BCUT2D eigenvalue weighted by Gasteiger charge is -2.24. The van der Waals surface area contributed by atoms with E-state index in [0.29, 0.717) is 12.1 Å². The first-order valence-electron chi connectivity index (χ1n) is 6.07. The van der Waals surface area contributed by atoms with Crippen molar-refractivity contribution >= 4 is 17.3 Å². The van der Waals surface area contributed by atoms with Crippen LogP contribution in [0.25, 0.3) is 0 Å². The van der Waals surface area contributed by atoms with Gasteiger partial charge < -0.3 is 10.4 Å². The summed E-state index contributed by atoms with van der Waals surface area (Å²) < 4.78 is 13.6. The van der Waals surface area contributed by atoms with Crippen LogP contribution in [0.3, 0.4) is 0 Å². The van der Waals surface area contributed by atoms with Crippen molar-refractivity contribution in [3.05, 3.63) is 51.7 Å². The van der Waals surface area contributed by atoms with Crippen LogP contribution in [0, 0.1) is 5.82 Å². The maximum absolute atomic E-state index is 13.6. The Labute approximate surface area is 120 Å². The Hall–Kier alpha value is -1.79. The Morgan fingerprint density at radius 2 is 2.25 bits per heavy atom. The molecule has 0 radical (unpaired) electrons. The molecule has 4 nitrogen and oxygen atoms in total. The van der Waals surface area contributed by atoms with Gasteiger partial charge in [-0.15, -0.1) is 11.3 Å². The fourth-order valence-corrected chi connectivity index (χ4v) is 2.51. The van der Waals surface area contributed by atoms with Crippen LogP contribution in [-0.2, 0) is 12.1 Å². The molecule has 6 heteroatoms. The fourth-order valence-electron chi connectivity index (χ4n) is 1.77. The van der Waals surface area contributed by atoms with Crippen LogP contribution in [0.2, 0.25) is 0 Å². The van der Waals surface area contributed by atoms with Crippen LogP contribution in [0.1, 0.15) is 34.8 Å². The molecule has 2 aromatic rings. The van der Waals surface area contributed by atoms with Gasteiger partial charge in [0.1, 0.15) is 10.8 Å². The summed E-state index contributed by atoms with van der Waals surface area (Å²) >= 11 is 1.55. The monoisotopic (exact) mass is 294 g/mol. The molecule has 0 aliphatic heterocycles. The van der Waals surface area contributed by atoms with Crippen LogP contribution in [0.15, 0.2) is 29.8 Å². The number of aromatic carboxylic acids is 1.